The van der Waals surface area contributed by atoms with Crippen molar-refractivity contribution in [2.45, 2.75) is 13.3 Å². The lowest BCUT2D eigenvalue weighted by Crippen LogP contribution is -2.36. The van der Waals surface area contributed by atoms with Crippen LogP contribution in [0.4, 0.5) is 0 Å². The first kappa shape index (κ1) is 14.7. The van der Waals surface area contributed by atoms with Crippen LogP contribution in [0.2, 0.25) is 0 Å². The maximum absolute atomic E-state index is 11.5. The predicted octanol–water partition coefficient (Wildman–Crippen LogP) is 0.890. The van der Waals surface area contributed by atoms with E-state index >= 15 is 0 Å². The minimum absolute atomic E-state index is 0.0275. The van der Waals surface area contributed by atoms with Crippen LogP contribution in [-0.2, 0) is 16.0 Å². The molecular formula is C14H22N2O2. The van der Waals surface area contributed by atoms with Gasteiger partial charge < -0.3 is 15.4 Å². The molecule has 0 radical (unpaired) electrons. The highest BCUT2D eigenvalue weighted by atomic mass is 16.5. The SMILES string of the molecule is COCCNCC(=O)NCCc1ccccc1C. The largest absolute Gasteiger partial charge is 0.383 e. The Balaban J connectivity index is 2.14. The topological polar surface area (TPSA) is 50.4 Å². The number of amides is 1. The number of carbonyl (C=O) groups excluding carboxylic acids is 1. The molecule has 0 fully saturated rings. The summed E-state index contributed by atoms with van der Waals surface area (Å²) in [5.41, 5.74) is 2.55. The van der Waals surface area contributed by atoms with Crippen LogP contribution in [0.25, 0.3) is 0 Å². The van der Waals surface area contributed by atoms with Crippen LogP contribution in [-0.4, -0.2) is 39.3 Å². The van der Waals surface area contributed by atoms with Gasteiger partial charge in [-0.05, 0) is 24.5 Å². The third-order valence-electron chi connectivity index (χ3n) is 2.75. The maximum Gasteiger partial charge on any atom is 0.233 e. The Morgan fingerprint density at radius 2 is 2.06 bits per heavy atom. The Labute approximate surface area is 109 Å². The van der Waals surface area contributed by atoms with Gasteiger partial charge in [-0.3, -0.25) is 4.79 Å². The van der Waals surface area contributed by atoms with Crippen LogP contribution >= 0.6 is 0 Å². The quantitative estimate of drug-likeness (QED) is 0.674. The minimum atomic E-state index is 0.0275. The number of carbonyl (C=O) groups is 1. The molecule has 18 heavy (non-hydrogen) atoms. The smallest absolute Gasteiger partial charge is 0.233 e. The van der Waals surface area contributed by atoms with Crippen molar-refractivity contribution in [1.29, 1.82) is 0 Å². The third kappa shape index (κ3) is 5.80. The predicted molar refractivity (Wildman–Crippen MR) is 72.6 cm³/mol. The van der Waals surface area contributed by atoms with Crippen LogP contribution in [0.3, 0.4) is 0 Å². The van der Waals surface area contributed by atoms with Crippen molar-refractivity contribution in [3.8, 4) is 0 Å². The van der Waals surface area contributed by atoms with Gasteiger partial charge in [-0.2, -0.15) is 0 Å². The number of benzene rings is 1. The standard InChI is InChI=1S/C14H22N2O2/c1-12-5-3-4-6-13(12)7-8-16-14(17)11-15-9-10-18-2/h3-6,15H,7-11H2,1-2H3,(H,16,17). The highest BCUT2D eigenvalue weighted by molar-refractivity contribution is 5.77. The Morgan fingerprint density at radius 1 is 1.28 bits per heavy atom. The van der Waals surface area contributed by atoms with Crippen molar-refractivity contribution in [2.75, 3.05) is 33.4 Å². The van der Waals surface area contributed by atoms with Gasteiger partial charge in [-0.15, -0.1) is 0 Å². The Kier molecular flexibility index (Phi) is 7.06. The molecule has 0 aliphatic rings. The number of hydrogen-bond acceptors (Lipinski definition) is 3. The zero-order valence-corrected chi connectivity index (χ0v) is 11.2. The third-order valence-corrected chi connectivity index (χ3v) is 2.75. The summed E-state index contributed by atoms with van der Waals surface area (Å²) in [7, 11) is 1.64. The van der Waals surface area contributed by atoms with Gasteiger partial charge in [0.1, 0.15) is 0 Å². The second-order valence-electron chi connectivity index (χ2n) is 4.20. The van der Waals surface area contributed by atoms with E-state index in [0.29, 0.717) is 26.2 Å². The number of hydrogen-bond donors (Lipinski definition) is 2. The average molecular weight is 250 g/mol. The number of nitrogens with one attached hydrogen (secondary N) is 2. The molecule has 0 atom stereocenters. The van der Waals surface area contributed by atoms with Crippen molar-refractivity contribution in [1.82, 2.24) is 10.6 Å². The van der Waals surface area contributed by atoms with Crippen molar-refractivity contribution in [2.24, 2.45) is 0 Å². The van der Waals surface area contributed by atoms with E-state index in [1.54, 1.807) is 7.11 Å². The van der Waals surface area contributed by atoms with E-state index in [1.165, 1.54) is 11.1 Å². The summed E-state index contributed by atoms with van der Waals surface area (Å²) in [5, 5.41) is 5.90. The van der Waals surface area contributed by atoms with E-state index < -0.39 is 0 Å². The lowest BCUT2D eigenvalue weighted by molar-refractivity contribution is -0.120. The first-order valence-electron chi connectivity index (χ1n) is 6.25. The Bertz CT molecular complexity index is 367. The molecule has 0 saturated carbocycles. The van der Waals surface area contributed by atoms with Gasteiger partial charge in [0.15, 0.2) is 0 Å². The maximum atomic E-state index is 11.5. The zero-order valence-electron chi connectivity index (χ0n) is 11.2. The molecule has 0 bridgehead atoms. The van der Waals surface area contributed by atoms with Gasteiger partial charge in [0.2, 0.25) is 5.91 Å². The van der Waals surface area contributed by atoms with Crippen LogP contribution in [0, 0.1) is 6.92 Å². The summed E-state index contributed by atoms with van der Waals surface area (Å²) in [6.07, 6.45) is 0.872. The molecule has 4 heteroatoms. The molecule has 0 heterocycles. The molecule has 1 rings (SSSR count). The lowest BCUT2D eigenvalue weighted by Gasteiger charge is -2.08. The van der Waals surface area contributed by atoms with E-state index in [4.69, 9.17) is 4.74 Å². The molecule has 2 N–H and O–H groups in total. The van der Waals surface area contributed by atoms with Crippen molar-refractivity contribution in [3.63, 3.8) is 0 Å². The molecule has 0 aliphatic carbocycles. The fourth-order valence-electron chi connectivity index (χ4n) is 1.67. The summed E-state index contributed by atoms with van der Waals surface area (Å²) < 4.78 is 4.88. The summed E-state index contributed by atoms with van der Waals surface area (Å²) >= 11 is 0. The molecule has 1 aromatic rings. The van der Waals surface area contributed by atoms with Gasteiger partial charge in [-0.1, -0.05) is 24.3 Å². The molecule has 100 valence electrons. The van der Waals surface area contributed by atoms with Crippen LogP contribution in [0.1, 0.15) is 11.1 Å². The van der Waals surface area contributed by atoms with E-state index in [0.717, 1.165) is 6.42 Å². The summed E-state index contributed by atoms with van der Waals surface area (Å²) in [4.78, 5) is 11.5. The molecule has 0 saturated heterocycles. The van der Waals surface area contributed by atoms with Crippen molar-refractivity contribution >= 4 is 5.91 Å². The van der Waals surface area contributed by atoms with E-state index in [9.17, 15) is 4.79 Å². The molecule has 0 unspecified atom stereocenters. The molecule has 1 amide bonds. The zero-order chi connectivity index (χ0) is 13.2. The first-order chi connectivity index (χ1) is 8.74. The second-order valence-corrected chi connectivity index (χ2v) is 4.20. The summed E-state index contributed by atoms with van der Waals surface area (Å²) in [6, 6.07) is 8.23. The molecular weight excluding hydrogens is 228 g/mol. The monoisotopic (exact) mass is 250 g/mol. The fraction of sp³-hybridized carbons (Fsp3) is 0.500. The first-order valence-corrected chi connectivity index (χ1v) is 6.25. The van der Waals surface area contributed by atoms with E-state index in [1.807, 2.05) is 12.1 Å². The van der Waals surface area contributed by atoms with Gasteiger partial charge in [0.25, 0.3) is 0 Å². The number of aryl methyl sites for hydroxylation is 1. The van der Waals surface area contributed by atoms with Gasteiger partial charge >= 0.3 is 0 Å². The fourth-order valence-corrected chi connectivity index (χ4v) is 1.67. The molecule has 1 aromatic carbocycles. The lowest BCUT2D eigenvalue weighted by atomic mass is 10.1. The Morgan fingerprint density at radius 3 is 2.78 bits per heavy atom. The Hall–Kier alpha value is -1.39. The molecule has 0 aromatic heterocycles. The van der Waals surface area contributed by atoms with Crippen molar-refractivity contribution < 1.29 is 9.53 Å². The van der Waals surface area contributed by atoms with Gasteiger partial charge in [0, 0.05) is 20.2 Å². The van der Waals surface area contributed by atoms with Crippen molar-refractivity contribution in [3.05, 3.63) is 35.4 Å². The minimum Gasteiger partial charge on any atom is -0.383 e. The van der Waals surface area contributed by atoms with Crippen LogP contribution in [0.5, 0.6) is 0 Å². The van der Waals surface area contributed by atoms with Crippen LogP contribution in [0.15, 0.2) is 24.3 Å². The highest BCUT2D eigenvalue weighted by Gasteiger charge is 2.01. The summed E-state index contributed by atoms with van der Waals surface area (Å²) in [5.74, 6) is 0.0275. The van der Waals surface area contributed by atoms with Gasteiger partial charge in [0.05, 0.1) is 13.2 Å². The highest BCUT2D eigenvalue weighted by Crippen LogP contribution is 2.06. The average Bonchev–Trinajstić information content (AvgIpc) is 2.37. The molecule has 0 spiro atoms. The number of rotatable bonds is 8. The number of methoxy groups -OCH3 is 1. The normalized spacial score (nSPS) is 10.3. The van der Waals surface area contributed by atoms with E-state index in [-0.39, 0.29) is 5.91 Å². The number of ether oxygens (including phenoxy) is 1. The van der Waals surface area contributed by atoms with E-state index in [2.05, 4.69) is 29.7 Å². The molecule has 0 aliphatic heterocycles. The molecule has 4 nitrogen and oxygen atoms in total. The second kappa shape index (κ2) is 8.66. The van der Waals surface area contributed by atoms with Crippen LogP contribution < -0.4 is 10.6 Å². The summed E-state index contributed by atoms with van der Waals surface area (Å²) in [6.45, 7) is 4.43. The van der Waals surface area contributed by atoms with Gasteiger partial charge in [-0.25, -0.2) is 0 Å².